The van der Waals surface area contributed by atoms with E-state index in [1.165, 1.54) is 19.5 Å². The first kappa shape index (κ1) is 10.4. The monoisotopic (exact) mass is 196 g/mol. The maximum Gasteiger partial charge on any atom is 0.0233 e. The van der Waals surface area contributed by atoms with Crippen molar-refractivity contribution in [2.45, 2.75) is 51.6 Å². The van der Waals surface area contributed by atoms with Crippen LogP contribution in [0.15, 0.2) is 0 Å². The third-order valence-electron chi connectivity index (χ3n) is 4.53. The average molecular weight is 196 g/mol. The topological polar surface area (TPSA) is 29.3 Å². The highest BCUT2D eigenvalue weighted by atomic mass is 15.2. The first-order valence-electron chi connectivity index (χ1n) is 5.92. The van der Waals surface area contributed by atoms with E-state index < -0.39 is 0 Å². The Labute approximate surface area is 87.8 Å². The summed E-state index contributed by atoms with van der Waals surface area (Å²) in [5.41, 5.74) is 6.94. The van der Waals surface area contributed by atoms with Gasteiger partial charge in [-0.15, -0.1) is 0 Å². The predicted octanol–water partition coefficient (Wildman–Crippen LogP) is 1.84. The molecule has 1 saturated carbocycles. The van der Waals surface area contributed by atoms with Gasteiger partial charge in [-0.05, 0) is 45.4 Å². The number of hydrogen-bond donors (Lipinski definition) is 1. The van der Waals surface area contributed by atoms with Gasteiger partial charge in [-0.3, -0.25) is 4.90 Å². The predicted molar refractivity (Wildman–Crippen MR) is 60.1 cm³/mol. The number of nitrogens with two attached hydrogens (primary N) is 1. The molecule has 2 unspecified atom stereocenters. The van der Waals surface area contributed by atoms with Crippen molar-refractivity contribution in [2.75, 3.05) is 13.1 Å². The molecular weight excluding hydrogens is 172 g/mol. The van der Waals surface area contributed by atoms with E-state index in [9.17, 15) is 0 Å². The molecule has 0 aromatic carbocycles. The quantitative estimate of drug-likeness (QED) is 0.693. The minimum Gasteiger partial charge on any atom is -0.325 e. The molecular formula is C12H24N2. The lowest BCUT2D eigenvalue weighted by Gasteiger charge is -2.62. The fourth-order valence-corrected chi connectivity index (χ4v) is 3.18. The molecule has 3 rings (SSSR count). The van der Waals surface area contributed by atoms with Crippen molar-refractivity contribution >= 4 is 0 Å². The van der Waals surface area contributed by atoms with Gasteiger partial charge in [0, 0.05) is 24.2 Å². The molecule has 0 aromatic rings. The third-order valence-corrected chi connectivity index (χ3v) is 4.53. The second-order valence-electron chi connectivity index (χ2n) is 6.17. The van der Waals surface area contributed by atoms with Crippen molar-refractivity contribution in [3.63, 3.8) is 0 Å². The summed E-state index contributed by atoms with van der Waals surface area (Å²) in [5, 5.41) is 0. The zero-order valence-corrected chi connectivity index (χ0v) is 10.0. The Morgan fingerprint density at radius 1 is 1.29 bits per heavy atom. The number of nitrogens with zero attached hydrogens (tertiary/aromatic N) is 1. The van der Waals surface area contributed by atoms with Crippen LogP contribution in [-0.2, 0) is 0 Å². The van der Waals surface area contributed by atoms with Gasteiger partial charge in [-0.25, -0.2) is 0 Å². The number of piperidine rings is 2. The van der Waals surface area contributed by atoms with Crippen molar-refractivity contribution in [3.05, 3.63) is 0 Å². The first-order chi connectivity index (χ1) is 6.38. The lowest BCUT2D eigenvalue weighted by Crippen LogP contribution is -2.73. The normalized spacial score (nSPS) is 43.5. The van der Waals surface area contributed by atoms with Crippen molar-refractivity contribution in [1.82, 2.24) is 4.90 Å². The molecule has 2 N–H and O–H groups in total. The summed E-state index contributed by atoms with van der Waals surface area (Å²) < 4.78 is 0. The summed E-state index contributed by atoms with van der Waals surface area (Å²) in [6.45, 7) is 11.6. The molecule has 0 radical (unpaired) electrons. The Balaban J connectivity index is 2.05. The van der Waals surface area contributed by atoms with Gasteiger partial charge in [0.2, 0.25) is 0 Å². The van der Waals surface area contributed by atoms with Crippen LogP contribution in [0.3, 0.4) is 0 Å². The summed E-state index contributed by atoms with van der Waals surface area (Å²) >= 11 is 0. The third kappa shape index (κ3) is 1.31. The standard InChI is InChI=1S/C12H24N2/c1-5-12(13)9-6-10(12)8-14(7-9)11(2,3)4/h9-10H,5-8,13H2,1-4H3. The molecule has 2 heteroatoms. The van der Waals surface area contributed by atoms with Crippen LogP contribution in [-0.4, -0.2) is 29.1 Å². The van der Waals surface area contributed by atoms with E-state index in [0.717, 1.165) is 18.3 Å². The highest BCUT2D eigenvalue weighted by molar-refractivity contribution is 5.12. The fraction of sp³-hybridized carbons (Fsp3) is 1.00. The van der Waals surface area contributed by atoms with Gasteiger partial charge in [0.25, 0.3) is 0 Å². The summed E-state index contributed by atoms with van der Waals surface area (Å²) in [7, 11) is 0. The summed E-state index contributed by atoms with van der Waals surface area (Å²) in [6.07, 6.45) is 2.53. The highest BCUT2D eigenvalue weighted by Crippen LogP contribution is 2.50. The molecule has 3 aliphatic rings. The molecule has 0 aromatic heterocycles. The van der Waals surface area contributed by atoms with E-state index in [-0.39, 0.29) is 5.54 Å². The Morgan fingerprint density at radius 2 is 1.79 bits per heavy atom. The van der Waals surface area contributed by atoms with E-state index in [0.29, 0.717) is 5.54 Å². The van der Waals surface area contributed by atoms with Crippen LogP contribution in [0.4, 0.5) is 0 Å². The summed E-state index contributed by atoms with van der Waals surface area (Å²) in [4.78, 5) is 2.60. The van der Waals surface area contributed by atoms with Crippen molar-refractivity contribution in [3.8, 4) is 0 Å². The molecule has 14 heavy (non-hydrogen) atoms. The molecule has 2 heterocycles. The van der Waals surface area contributed by atoms with Crippen LogP contribution >= 0.6 is 0 Å². The molecule has 2 saturated heterocycles. The van der Waals surface area contributed by atoms with Gasteiger partial charge >= 0.3 is 0 Å². The van der Waals surface area contributed by atoms with Gasteiger partial charge in [0.15, 0.2) is 0 Å². The van der Waals surface area contributed by atoms with Crippen LogP contribution in [0.5, 0.6) is 0 Å². The Morgan fingerprint density at radius 3 is 2.14 bits per heavy atom. The molecule has 3 fully saturated rings. The number of fused-ring (bicyclic) bond motifs is 2. The second kappa shape index (κ2) is 2.96. The van der Waals surface area contributed by atoms with Gasteiger partial charge in [-0.1, -0.05) is 6.92 Å². The molecule has 2 nitrogen and oxygen atoms in total. The maximum atomic E-state index is 6.43. The highest BCUT2D eigenvalue weighted by Gasteiger charge is 2.55. The van der Waals surface area contributed by atoms with Crippen molar-refractivity contribution in [2.24, 2.45) is 17.6 Å². The molecule has 0 amide bonds. The van der Waals surface area contributed by atoms with Crippen LogP contribution in [0.2, 0.25) is 0 Å². The summed E-state index contributed by atoms with van der Waals surface area (Å²) in [6, 6.07) is 0. The van der Waals surface area contributed by atoms with E-state index in [1.807, 2.05) is 0 Å². The molecule has 2 atom stereocenters. The molecule has 2 aliphatic heterocycles. The van der Waals surface area contributed by atoms with Gasteiger partial charge in [-0.2, -0.15) is 0 Å². The van der Waals surface area contributed by atoms with Gasteiger partial charge in [0.1, 0.15) is 0 Å². The molecule has 1 aliphatic carbocycles. The second-order valence-corrected chi connectivity index (χ2v) is 6.17. The van der Waals surface area contributed by atoms with Gasteiger partial charge < -0.3 is 5.73 Å². The van der Waals surface area contributed by atoms with E-state index in [2.05, 4.69) is 32.6 Å². The lowest BCUT2D eigenvalue weighted by molar-refractivity contribution is -0.0957. The molecule has 2 bridgehead atoms. The zero-order valence-electron chi connectivity index (χ0n) is 10.0. The van der Waals surface area contributed by atoms with Crippen molar-refractivity contribution < 1.29 is 0 Å². The van der Waals surface area contributed by atoms with Crippen LogP contribution in [0, 0.1) is 11.8 Å². The Bertz CT molecular complexity index is 217. The minimum atomic E-state index is 0.182. The SMILES string of the molecule is CCC1(N)C2CC1CN(C(C)(C)C)C2. The van der Waals surface area contributed by atoms with E-state index >= 15 is 0 Å². The van der Waals surface area contributed by atoms with E-state index in [1.54, 1.807) is 0 Å². The van der Waals surface area contributed by atoms with Gasteiger partial charge in [0.05, 0.1) is 0 Å². The largest absolute Gasteiger partial charge is 0.325 e. The van der Waals surface area contributed by atoms with Crippen LogP contribution in [0.25, 0.3) is 0 Å². The Hall–Kier alpha value is -0.0800. The first-order valence-corrected chi connectivity index (χ1v) is 5.92. The molecule has 0 spiro atoms. The fourth-order valence-electron chi connectivity index (χ4n) is 3.18. The van der Waals surface area contributed by atoms with Crippen LogP contribution in [0.1, 0.15) is 40.5 Å². The number of rotatable bonds is 1. The summed E-state index contributed by atoms with van der Waals surface area (Å²) in [5.74, 6) is 1.51. The van der Waals surface area contributed by atoms with E-state index in [4.69, 9.17) is 5.73 Å². The van der Waals surface area contributed by atoms with Crippen molar-refractivity contribution in [1.29, 1.82) is 0 Å². The zero-order chi connectivity index (χ0) is 10.6. The number of hydrogen-bond acceptors (Lipinski definition) is 2. The average Bonchev–Trinajstić information content (AvgIpc) is 2.15. The Kier molecular flexibility index (Phi) is 2.20. The lowest BCUT2D eigenvalue weighted by atomic mass is 9.54. The molecule has 82 valence electrons. The smallest absolute Gasteiger partial charge is 0.0233 e. The van der Waals surface area contributed by atoms with Crippen LogP contribution < -0.4 is 5.73 Å². The maximum absolute atomic E-state index is 6.43. The minimum absolute atomic E-state index is 0.182.